The lowest BCUT2D eigenvalue weighted by Crippen LogP contribution is -2.60. The van der Waals surface area contributed by atoms with Crippen molar-refractivity contribution in [3.05, 3.63) is 65.5 Å². The molecule has 1 unspecified atom stereocenters. The van der Waals surface area contributed by atoms with Crippen LogP contribution in [0, 0.1) is 11.3 Å². The Morgan fingerprint density at radius 1 is 1.06 bits per heavy atom. The number of aromatic nitrogens is 1. The topological polar surface area (TPSA) is 48.5 Å². The molecular formula is C28H37F3N4O. The number of nitrogens with one attached hydrogen (secondary N) is 1. The van der Waals surface area contributed by atoms with Gasteiger partial charge in [-0.1, -0.05) is 51.1 Å². The first-order valence-electron chi connectivity index (χ1n) is 12.9. The average Bonchev–Trinajstić information content (AvgIpc) is 2.85. The second kappa shape index (κ2) is 10.9. The lowest BCUT2D eigenvalue weighted by Gasteiger charge is -2.49. The Kier molecular flexibility index (Phi) is 8.05. The number of hydrogen-bond acceptors (Lipinski definition) is 4. The fraction of sp³-hybridized carbons (Fsp3) is 0.571. The summed E-state index contributed by atoms with van der Waals surface area (Å²) in [7, 11) is 0. The van der Waals surface area contributed by atoms with E-state index < -0.39 is 11.7 Å². The zero-order valence-corrected chi connectivity index (χ0v) is 21.4. The predicted octanol–water partition coefficient (Wildman–Crippen LogP) is 5.14. The van der Waals surface area contributed by atoms with Crippen LogP contribution in [-0.2, 0) is 11.0 Å². The molecule has 1 amide bonds. The van der Waals surface area contributed by atoms with E-state index in [9.17, 15) is 18.0 Å². The van der Waals surface area contributed by atoms with Gasteiger partial charge in [-0.05, 0) is 55.0 Å². The molecule has 8 heteroatoms. The van der Waals surface area contributed by atoms with E-state index in [0.717, 1.165) is 43.8 Å². The van der Waals surface area contributed by atoms with Crippen molar-refractivity contribution >= 4 is 5.91 Å². The van der Waals surface area contributed by atoms with Crippen LogP contribution in [0.4, 0.5) is 13.2 Å². The van der Waals surface area contributed by atoms with Crippen LogP contribution < -0.4 is 5.32 Å². The van der Waals surface area contributed by atoms with Crippen molar-refractivity contribution in [3.63, 3.8) is 0 Å². The van der Waals surface area contributed by atoms with Crippen LogP contribution in [0.5, 0.6) is 0 Å². The smallest absolute Gasteiger partial charge is 0.337 e. The summed E-state index contributed by atoms with van der Waals surface area (Å²) >= 11 is 0. The molecule has 1 N–H and O–H groups in total. The lowest BCUT2D eigenvalue weighted by atomic mass is 9.82. The molecule has 0 aliphatic carbocycles. The minimum atomic E-state index is -4.43. The Balaban J connectivity index is 1.59. The van der Waals surface area contributed by atoms with E-state index in [1.54, 1.807) is 0 Å². The highest BCUT2D eigenvalue weighted by atomic mass is 19.4. The zero-order chi connectivity index (χ0) is 25.9. The summed E-state index contributed by atoms with van der Waals surface area (Å²) in [6.07, 6.45) is -0.864. The largest absolute Gasteiger partial charge is 0.417 e. The lowest BCUT2D eigenvalue weighted by molar-refractivity contribution is -0.141. The molecule has 4 rings (SSSR count). The third-order valence-electron chi connectivity index (χ3n) is 7.53. The molecule has 2 aromatic rings. The quantitative estimate of drug-likeness (QED) is 0.615. The number of hydrogen-bond donors (Lipinski definition) is 1. The Labute approximate surface area is 212 Å². The number of benzene rings is 1. The SMILES string of the molecule is CC(C)(C)[C@H]1CN(C(c2ccccc2)c2ccc(C(F)(F)F)cn2)CCN1C(=O)CC1CCNCC1. The molecule has 1 aromatic carbocycles. The van der Waals surface area contributed by atoms with Crippen molar-refractivity contribution in [1.82, 2.24) is 20.1 Å². The third-order valence-corrected chi connectivity index (χ3v) is 7.53. The maximum absolute atomic E-state index is 13.4. The van der Waals surface area contributed by atoms with E-state index in [2.05, 4.69) is 40.9 Å². The van der Waals surface area contributed by atoms with Crippen molar-refractivity contribution in [3.8, 4) is 0 Å². The predicted molar refractivity (Wildman–Crippen MR) is 134 cm³/mol. The van der Waals surface area contributed by atoms with Crippen molar-refractivity contribution in [2.45, 2.75) is 58.3 Å². The van der Waals surface area contributed by atoms with Gasteiger partial charge >= 0.3 is 6.18 Å². The van der Waals surface area contributed by atoms with Gasteiger partial charge in [0.15, 0.2) is 0 Å². The summed E-state index contributed by atoms with van der Waals surface area (Å²) in [6.45, 7) is 10.2. The molecule has 1 aromatic heterocycles. The van der Waals surface area contributed by atoms with Gasteiger partial charge in [0.2, 0.25) is 5.91 Å². The Bertz CT molecular complexity index is 998. The normalized spacial score (nSPS) is 21.4. The Hall–Kier alpha value is -2.45. The van der Waals surface area contributed by atoms with Gasteiger partial charge in [0.25, 0.3) is 0 Å². The second-order valence-electron chi connectivity index (χ2n) is 11.1. The Morgan fingerprint density at radius 2 is 1.75 bits per heavy atom. The van der Waals surface area contributed by atoms with Crippen LogP contribution in [0.2, 0.25) is 0 Å². The number of rotatable bonds is 5. The van der Waals surface area contributed by atoms with Gasteiger partial charge in [0, 0.05) is 38.3 Å². The minimum Gasteiger partial charge on any atom is -0.337 e. The molecule has 2 aliphatic heterocycles. The van der Waals surface area contributed by atoms with Crippen LogP contribution in [0.3, 0.4) is 0 Å². The number of pyridine rings is 1. The summed E-state index contributed by atoms with van der Waals surface area (Å²) in [6, 6.07) is 12.1. The van der Waals surface area contributed by atoms with Gasteiger partial charge in [-0.25, -0.2) is 0 Å². The molecule has 0 saturated carbocycles. The first-order valence-corrected chi connectivity index (χ1v) is 12.9. The van der Waals surface area contributed by atoms with Gasteiger partial charge in [-0.15, -0.1) is 0 Å². The zero-order valence-electron chi connectivity index (χ0n) is 21.4. The molecule has 2 fully saturated rings. The second-order valence-corrected chi connectivity index (χ2v) is 11.1. The van der Waals surface area contributed by atoms with Crippen molar-refractivity contribution in [2.75, 3.05) is 32.7 Å². The highest BCUT2D eigenvalue weighted by molar-refractivity contribution is 5.77. The number of piperidine rings is 1. The summed E-state index contributed by atoms with van der Waals surface area (Å²) in [5.74, 6) is 0.635. The van der Waals surface area contributed by atoms with E-state index in [0.29, 0.717) is 37.7 Å². The fourth-order valence-corrected chi connectivity index (χ4v) is 5.47. The molecule has 36 heavy (non-hydrogen) atoms. The molecule has 0 radical (unpaired) electrons. The number of alkyl halides is 3. The molecule has 196 valence electrons. The third kappa shape index (κ3) is 6.27. The van der Waals surface area contributed by atoms with Gasteiger partial charge in [0.1, 0.15) is 0 Å². The van der Waals surface area contributed by atoms with E-state index in [1.165, 1.54) is 6.07 Å². The van der Waals surface area contributed by atoms with Gasteiger partial charge in [0.05, 0.1) is 17.3 Å². The van der Waals surface area contributed by atoms with Crippen molar-refractivity contribution in [2.24, 2.45) is 11.3 Å². The Morgan fingerprint density at radius 3 is 2.33 bits per heavy atom. The van der Waals surface area contributed by atoms with Crippen LogP contribution in [0.15, 0.2) is 48.7 Å². The van der Waals surface area contributed by atoms with Crippen molar-refractivity contribution in [1.29, 1.82) is 0 Å². The van der Waals surface area contributed by atoms with Gasteiger partial charge < -0.3 is 10.2 Å². The number of carbonyl (C=O) groups excluding carboxylic acids is 1. The van der Waals surface area contributed by atoms with Crippen LogP contribution in [0.25, 0.3) is 0 Å². The van der Waals surface area contributed by atoms with E-state index in [1.807, 2.05) is 30.3 Å². The molecule has 0 spiro atoms. The first-order chi connectivity index (χ1) is 17.0. The van der Waals surface area contributed by atoms with E-state index in [-0.39, 0.29) is 23.4 Å². The van der Waals surface area contributed by atoms with Gasteiger partial charge in [-0.2, -0.15) is 13.2 Å². The number of amides is 1. The monoisotopic (exact) mass is 502 g/mol. The highest BCUT2D eigenvalue weighted by Crippen LogP contribution is 2.36. The summed E-state index contributed by atoms with van der Waals surface area (Å²) in [4.78, 5) is 22.0. The van der Waals surface area contributed by atoms with Crippen LogP contribution in [-0.4, -0.2) is 59.5 Å². The number of nitrogens with zero attached hydrogens (tertiary/aromatic N) is 3. The summed E-state index contributed by atoms with van der Waals surface area (Å²) < 4.78 is 39.5. The minimum absolute atomic E-state index is 0.0128. The maximum Gasteiger partial charge on any atom is 0.417 e. The first kappa shape index (κ1) is 26.6. The molecule has 3 heterocycles. The van der Waals surface area contributed by atoms with E-state index >= 15 is 0 Å². The number of carbonyl (C=O) groups is 1. The number of halogens is 3. The summed E-state index contributed by atoms with van der Waals surface area (Å²) in [5, 5.41) is 3.36. The standard InChI is InChI=1S/C28H37F3N4O/c1-27(2,3)24-19-34(15-16-35(24)25(36)17-20-11-13-32-14-12-20)26(21-7-5-4-6-8-21)23-10-9-22(18-33-23)28(29,30)31/h4-10,18,20,24,26,32H,11-17,19H2,1-3H3/t24-,26?/m1/s1. The van der Waals surface area contributed by atoms with Crippen LogP contribution >= 0.6 is 0 Å². The highest BCUT2D eigenvalue weighted by Gasteiger charge is 2.41. The molecule has 0 bridgehead atoms. The molecule has 2 aliphatic rings. The van der Waals surface area contributed by atoms with Gasteiger partial charge in [-0.3, -0.25) is 14.7 Å². The van der Waals surface area contributed by atoms with E-state index in [4.69, 9.17) is 0 Å². The van der Waals surface area contributed by atoms with Crippen LogP contribution in [0.1, 0.15) is 62.9 Å². The molecule has 2 saturated heterocycles. The average molecular weight is 503 g/mol. The molecular weight excluding hydrogens is 465 g/mol. The number of piperazine rings is 1. The summed E-state index contributed by atoms with van der Waals surface area (Å²) in [5.41, 5.74) is 0.652. The fourth-order valence-electron chi connectivity index (χ4n) is 5.47. The molecule has 2 atom stereocenters. The maximum atomic E-state index is 13.4. The van der Waals surface area contributed by atoms with Crippen molar-refractivity contribution < 1.29 is 18.0 Å². The molecule has 5 nitrogen and oxygen atoms in total.